The van der Waals surface area contributed by atoms with E-state index in [-0.39, 0.29) is 49.4 Å². The average molecular weight is 638 g/mol. The third kappa shape index (κ3) is 5.58. The van der Waals surface area contributed by atoms with Crippen molar-refractivity contribution >= 4 is 46.4 Å². The van der Waals surface area contributed by atoms with E-state index in [0.717, 1.165) is 15.1 Å². The molecule has 2 aromatic heterocycles. The van der Waals surface area contributed by atoms with Crippen LogP contribution in [0.1, 0.15) is 48.4 Å². The van der Waals surface area contributed by atoms with Crippen LogP contribution in [0.25, 0.3) is 10.9 Å². The third-order valence-corrected chi connectivity index (χ3v) is 9.02. The number of carboxylic acid groups (broad SMARTS) is 1. The van der Waals surface area contributed by atoms with Crippen molar-refractivity contribution in [1.29, 1.82) is 0 Å². The number of fused-ring (bicyclic) bond motifs is 1. The highest BCUT2D eigenvalue weighted by Crippen LogP contribution is 2.41. The maximum absolute atomic E-state index is 13.8. The Bertz CT molecular complexity index is 1870. The zero-order chi connectivity index (χ0) is 33.5. The Morgan fingerprint density at radius 1 is 0.979 bits per heavy atom. The number of likely N-dealkylation sites (N-methyl/N-ethyl adjacent to an activating group) is 1. The van der Waals surface area contributed by atoms with E-state index in [1.165, 1.54) is 18.1 Å². The van der Waals surface area contributed by atoms with Gasteiger partial charge in [0.15, 0.2) is 0 Å². The number of carbonyl (C=O) groups is 5. The fourth-order valence-electron chi connectivity index (χ4n) is 6.52. The lowest BCUT2D eigenvalue weighted by Gasteiger charge is -2.43. The summed E-state index contributed by atoms with van der Waals surface area (Å²) < 4.78 is 0.915. The molecule has 4 aromatic rings. The number of piperidine rings is 1. The van der Waals surface area contributed by atoms with Crippen LogP contribution in [0.15, 0.2) is 72.9 Å². The summed E-state index contributed by atoms with van der Waals surface area (Å²) in [5.74, 6) is -1.32. The van der Waals surface area contributed by atoms with Gasteiger partial charge in [-0.2, -0.15) is 9.78 Å². The second-order valence-corrected chi connectivity index (χ2v) is 12.3. The highest BCUT2D eigenvalue weighted by Gasteiger charge is 2.58. The molecule has 47 heavy (non-hydrogen) atoms. The number of likely N-dealkylation sites (tertiary alicyclic amines) is 1. The monoisotopic (exact) mass is 637 g/mol. The van der Waals surface area contributed by atoms with Gasteiger partial charge in [0.25, 0.3) is 11.8 Å². The number of imide groups is 1. The summed E-state index contributed by atoms with van der Waals surface area (Å²) in [6.45, 7) is 4.06. The molecule has 2 aliphatic heterocycles. The summed E-state index contributed by atoms with van der Waals surface area (Å²) in [6.07, 6.45) is 0.989. The van der Waals surface area contributed by atoms with Crippen LogP contribution in [0.4, 0.5) is 15.3 Å². The Hall–Kier alpha value is -5.59. The molecule has 0 aliphatic carbocycles. The maximum atomic E-state index is 13.8. The molecule has 13 heteroatoms. The zero-order valence-corrected chi connectivity index (χ0v) is 26.3. The minimum atomic E-state index is -1.25. The molecule has 6 rings (SSSR count). The largest absolute Gasteiger partial charge is 0.463 e. The number of pyridine rings is 1. The summed E-state index contributed by atoms with van der Waals surface area (Å²) in [4.78, 5) is 74.3. The van der Waals surface area contributed by atoms with Crippen molar-refractivity contribution in [1.82, 2.24) is 29.9 Å². The molecule has 1 atom stereocenters. The molecule has 1 unspecified atom stereocenters. The quantitative estimate of drug-likeness (QED) is 0.290. The van der Waals surface area contributed by atoms with E-state index in [2.05, 4.69) is 15.4 Å². The van der Waals surface area contributed by atoms with Crippen LogP contribution < -0.4 is 10.2 Å². The Morgan fingerprint density at radius 2 is 1.68 bits per heavy atom. The summed E-state index contributed by atoms with van der Waals surface area (Å²) in [7, 11) is 1.44. The van der Waals surface area contributed by atoms with Crippen LogP contribution in [0, 0.1) is 5.92 Å². The molecule has 4 heterocycles. The first-order chi connectivity index (χ1) is 22.5. The van der Waals surface area contributed by atoms with Crippen molar-refractivity contribution in [2.45, 2.75) is 44.7 Å². The van der Waals surface area contributed by atoms with Gasteiger partial charge >= 0.3 is 12.1 Å². The second-order valence-electron chi connectivity index (χ2n) is 12.3. The lowest BCUT2D eigenvalue weighted by atomic mass is 9.85. The average Bonchev–Trinajstić information content (AvgIpc) is 3.52. The van der Waals surface area contributed by atoms with E-state index < -0.39 is 29.6 Å². The molecular weight excluding hydrogens is 602 g/mol. The smallest absolute Gasteiger partial charge is 0.432 e. The fraction of sp³-hybridized carbons (Fsp3) is 0.324. The standard InChI is InChI=1S/C34H35N7O6/c1-21(2)28(36-29(42)25-11-7-8-16-35-25)30(43)39-17-14-34(15-18-39)31(44)38(3)32(45)40(34)23-12-13-27-24(20-23)26(37-41(27)33(46)47)19-22-9-5-4-6-10-22/h4-13,16,20-21,28H,14-15,17-19H2,1-3H3,(H,36,42)(H,46,47). The Morgan fingerprint density at radius 3 is 2.32 bits per heavy atom. The van der Waals surface area contributed by atoms with Crippen LogP contribution in [0.3, 0.4) is 0 Å². The van der Waals surface area contributed by atoms with Crippen LogP contribution in [-0.2, 0) is 16.0 Å². The minimum Gasteiger partial charge on any atom is -0.463 e. The second kappa shape index (κ2) is 12.3. The van der Waals surface area contributed by atoms with Gasteiger partial charge < -0.3 is 15.3 Å². The molecule has 13 nitrogen and oxygen atoms in total. The van der Waals surface area contributed by atoms with Crippen molar-refractivity contribution < 1.29 is 29.1 Å². The van der Waals surface area contributed by atoms with Crippen LogP contribution in [0.2, 0.25) is 0 Å². The van der Waals surface area contributed by atoms with Crippen molar-refractivity contribution in [2.75, 3.05) is 25.0 Å². The normalized spacial score (nSPS) is 16.7. The molecule has 242 valence electrons. The van der Waals surface area contributed by atoms with E-state index in [1.807, 2.05) is 44.2 Å². The Labute approximate surface area is 270 Å². The molecule has 1 spiro atoms. The molecule has 2 fully saturated rings. The number of rotatable bonds is 7. The van der Waals surface area contributed by atoms with Crippen molar-refractivity contribution in [3.8, 4) is 0 Å². The van der Waals surface area contributed by atoms with Crippen LogP contribution in [0.5, 0.6) is 0 Å². The van der Waals surface area contributed by atoms with Crippen molar-refractivity contribution in [2.24, 2.45) is 5.92 Å². The number of hydrogen-bond donors (Lipinski definition) is 2. The van der Waals surface area contributed by atoms with E-state index in [4.69, 9.17) is 0 Å². The van der Waals surface area contributed by atoms with Gasteiger partial charge in [-0.25, -0.2) is 9.59 Å². The first-order valence-corrected chi connectivity index (χ1v) is 15.4. The lowest BCUT2D eigenvalue weighted by molar-refractivity contribution is -0.139. The number of carbonyl (C=O) groups excluding carboxylic acids is 4. The van der Waals surface area contributed by atoms with Gasteiger partial charge in [0.1, 0.15) is 17.3 Å². The number of amides is 5. The third-order valence-electron chi connectivity index (χ3n) is 9.02. The molecule has 2 aliphatic rings. The number of anilines is 1. The minimum absolute atomic E-state index is 0.177. The number of nitrogens with zero attached hydrogens (tertiary/aromatic N) is 6. The van der Waals surface area contributed by atoms with Gasteiger partial charge in [-0.1, -0.05) is 50.2 Å². The predicted molar refractivity (Wildman–Crippen MR) is 172 cm³/mol. The van der Waals surface area contributed by atoms with Gasteiger partial charge in [-0.3, -0.25) is 29.2 Å². The Kier molecular flexibility index (Phi) is 8.22. The van der Waals surface area contributed by atoms with E-state index in [1.54, 1.807) is 41.3 Å². The summed E-state index contributed by atoms with van der Waals surface area (Å²) in [5.41, 5.74) is 1.20. The summed E-state index contributed by atoms with van der Waals surface area (Å²) >= 11 is 0. The summed E-state index contributed by atoms with van der Waals surface area (Å²) in [6, 6.07) is 18.1. The topological polar surface area (TPSA) is 158 Å². The SMILES string of the molecule is CC(C)C(NC(=O)c1ccccn1)C(=O)N1CCC2(CC1)C(=O)N(C)C(=O)N2c1ccc2c(c1)c(Cc1ccccc1)nn2C(=O)O. The van der Waals surface area contributed by atoms with Gasteiger partial charge in [0, 0.05) is 43.8 Å². The lowest BCUT2D eigenvalue weighted by Crippen LogP contribution is -2.60. The van der Waals surface area contributed by atoms with Crippen LogP contribution >= 0.6 is 0 Å². The Balaban J connectivity index is 1.28. The number of hydrogen-bond acceptors (Lipinski definition) is 7. The number of nitrogens with one attached hydrogen (secondary N) is 1. The maximum Gasteiger partial charge on any atom is 0.432 e. The van der Waals surface area contributed by atoms with Gasteiger partial charge in [-0.15, -0.1) is 0 Å². The molecule has 0 radical (unpaired) electrons. The van der Waals surface area contributed by atoms with Gasteiger partial charge in [0.2, 0.25) is 5.91 Å². The molecule has 2 aromatic carbocycles. The summed E-state index contributed by atoms with van der Waals surface area (Å²) in [5, 5.41) is 17.6. The van der Waals surface area contributed by atoms with Crippen molar-refractivity contribution in [3.05, 3.63) is 89.9 Å². The van der Waals surface area contributed by atoms with E-state index in [9.17, 15) is 29.1 Å². The van der Waals surface area contributed by atoms with Crippen molar-refractivity contribution in [3.63, 3.8) is 0 Å². The molecular formula is C34H35N7O6. The van der Waals surface area contributed by atoms with Gasteiger partial charge in [-0.05, 0) is 54.7 Å². The first-order valence-electron chi connectivity index (χ1n) is 15.4. The highest BCUT2D eigenvalue weighted by molar-refractivity contribution is 6.17. The number of urea groups is 1. The fourth-order valence-corrected chi connectivity index (χ4v) is 6.52. The van der Waals surface area contributed by atoms with Gasteiger partial charge in [0.05, 0.1) is 11.2 Å². The zero-order valence-electron chi connectivity index (χ0n) is 26.3. The molecule has 2 N–H and O–H groups in total. The van der Waals surface area contributed by atoms with E-state index in [0.29, 0.717) is 28.7 Å². The molecule has 5 amide bonds. The molecule has 0 saturated carbocycles. The molecule has 0 bridgehead atoms. The predicted octanol–water partition coefficient (Wildman–Crippen LogP) is 3.76. The number of aromatic nitrogens is 3. The number of benzene rings is 2. The first kappa shape index (κ1) is 31.4. The van der Waals surface area contributed by atoms with Crippen LogP contribution in [-0.4, -0.2) is 91.2 Å². The highest BCUT2D eigenvalue weighted by atomic mass is 16.4. The van der Waals surface area contributed by atoms with E-state index >= 15 is 0 Å². The molecule has 2 saturated heterocycles.